The molecule has 0 unspecified atom stereocenters. The lowest BCUT2D eigenvalue weighted by Gasteiger charge is -2.28. The molecule has 0 radical (unpaired) electrons. The van der Waals surface area contributed by atoms with E-state index in [2.05, 4.69) is 0 Å². The first-order chi connectivity index (χ1) is 9.81. The quantitative estimate of drug-likeness (QED) is 0.836. The van der Waals surface area contributed by atoms with Gasteiger partial charge in [-0.3, -0.25) is 0 Å². The molecule has 0 saturated heterocycles. The lowest BCUT2D eigenvalue weighted by Crippen LogP contribution is -2.39. The van der Waals surface area contributed by atoms with Gasteiger partial charge in [0.1, 0.15) is 5.82 Å². The third-order valence-electron chi connectivity index (χ3n) is 3.15. The zero-order valence-electron chi connectivity index (χ0n) is 12.4. The van der Waals surface area contributed by atoms with Gasteiger partial charge in [0.15, 0.2) is 0 Å². The number of rotatable bonds is 5. The monoisotopic (exact) mass is 342 g/mol. The van der Waals surface area contributed by atoms with E-state index in [0.717, 1.165) is 10.4 Å². The molecule has 1 aromatic carbocycles. The van der Waals surface area contributed by atoms with E-state index in [1.807, 2.05) is 0 Å². The minimum absolute atomic E-state index is 0.0184. The number of sulfonamides is 1. The number of hydrogen-bond acceptors (Lipinski definition) is 3. The summed E-state index contributed by atoms with van der Waals surface area (Å²) in [7, 11) is -2.93. The molecule has 22 heavy (non-hydrogen) atoms. The molecule has 0 saturated carbocycles. The van der Waals surface area contributed by atoms with Crippen LogP contribution in [-0.2, 0) is 16.2 Å². The Hall–Kier alpha value is -1.19. The number of hydrogen-bond donors (Lipinski definition) is 1. The summed E-state index contributed by atoms with van der Waals surface area (Å²) in [6.07, 6.45) is -4.97. The standard InChI is InChI=1S/C13H18F4N2O2S/c1-12(2,7-18)8-19(3)22(20,21)9-4-5-11(14)10(6-9)13(15,16)17/h4-6H,7-8,18H2,1-3H3. The van der Waals surface area contributed by atoms with Gasteiger partial charge in [0.05, 0.1) is 10.5 Å². The maximum Gasteiger partial charge on any atom is 0.419 e. The lowest BCUT2D eigenvalue weighted by atomic mass is 9.94. The molecule has 1 rings (SSSR count). The number of halogens is 4. The summed E-state index contributed by atoms with van der Waals surface area (Å²) >= 11 is 0. The minimum Gasteiger partial charge on any atom is -0.330 e. The second-order valence-corrected chi connectivity index (χ2v) is 7.81. The van der Waals surface area contributed by atoms with E-state index < -0.39 is 37.9 Å². The highest BCUT2D eigenvalue weighted by atomic mass is 32.2. The van der Waals surface area contributed by atoms with Crippen LogP contribution in [0.2, 0.25) is 0 Å². The SMILES string of the molecule is CN(CC(C)(C)CN)S(=O)(=O)c1ccc(F)c(C(F)(F)F)c1. The Morgan fingerprint density at radius 2 is 1.77 bits per heavy atom. The van der Waals surface area contributed by atoms with Crippen LogP contribution >= 0.6 is 0 Å². The van der Waals surface area contributed by atoms with E-state index in [0.29, 0.717) is 12.1 Å². The average molecular weight is 342 g/mol. The second-order valence-electron chi connectivity index (χ2n) is 5.77. The third kappa shape index (κ3) is 4.17. The van der Waals surface area contributed by atoms with Gasteiger partial charge in [-0.2, -0.15) is 13.2 Å². The summed E-state index contributed by atoms with van der Waals surface area (Å²) < 4.78 is 76.8. The van der Waals surface area contributed by atoms with E-state index >= 15 is 0 Å². The van der Waals surface area contributed by atoms with E-state index in [4.69, 9.17) is 5.73 Å². The molecule has 1 aromatic rings. The molecule has 0 aliphatic carbocycles. The Bertz CT molecular complexity index is 642. The van der Waals surface area contributed by atoms with Gasteiger partial charge in [-0.1, -0.05) is 13.8 Å². The van der Waals surface area contributed by atoms with Crippen LogP contribution in [0.3, 0.4) is 0 Å². The highest BCUT2D eigenvalue weighted by Crippen LogP contribution is 2.33. The fourth-order valence-corrected chi connectivity index (χ4v) is 3.20. The summed E-state index contributed by atoms with van der Waals surface area (Å²) in [5.41, 5.74) is 3.36. The first kappa shape index (κ1) is 18.9. The Labute approximate surface area is 127 Å². The molecule has 0 aliphatic heterocycles. The molecular formula is C13H18F4N2O2S. The average Bonchev–Trinajstić information content (AvgIpc) is 2.37. The van der Waals surface area contributed by atoms with Crippen molar-refractivity contribution >= 4 is 10.0 Å². The molecule has 2 N–H and O–H groups in total. The van der Waals surface area contributed by atoms with Crippen LogP contribution in [-0.4, -0.2) is 32.9 Å². The molecule has 4 nitrogen and oxygen atoms in total. The number of nitrogens with two attached hydrogens (primary N) is 1. The van der Waals surface area contributed by atoms with Gasteiger partial charge in [-0.15, -0.1) is 0 Å². The molecule has 126 valence electrons. The summed E-state index contributed by atoms with van der Waals surface area (Å²) in [5.74, 6) is -1.52. The highest BCUT2D eigenvalue weighted by Gasteiger charge is 2.36. The predicted molar refractivity (Wildman–Crippen MR) is 74.1 cm³/mol. The van der Waals surface area contributed by atoms with Crippen LogP contribution < -0.4 is 5.73 Å². The zero-order chi connectivity index (χ0) is 17.3. The van der Waals surface area contributed by atoms with Crippen LogP contribution in [0.4, 0.5) is 17.6 Å². The summed E-state index contributed by atoms with van der Waals surface area (Å²) in [4.78, 5) is -0.614. The van der Waals surface area contributed by atoms with Crippen molar-refractivity contribution in [2.24, 2.45) is 11.1 Å². The molecule has 0 aromatic heterocycles. The van der Waals surface area contributed by atoms with Crippen LogP contribution in [0.1, 0.15) is 19.4 Å². The number of benzene rings is 1. The topological polar surface area (TPSA) is 63.4 Å². The Balaban J connectivity index is 3.24. The maximum atomic E-state index is 13.2. The fourth-order valence-electron chi connectivity index (χ4n) is 1.81. The molecule has 0 heterocycles. The second kappa shape index (κ2) is 6.13. The zero-order valence-corrected chi connectivity index (χ0v) is 13.2. The third-order valence-corrected chi connectivity index (χ3v) is 4.95. The van der Waals surface area contributed by atoms with Crippen LogP contribution in [0.5, 0.6) is 0 Å². The maximum absolute atomic E-state index is 13.2. The largest absolute Gasteiger partial charge is 0.419 e. The van der Waals surface area contributed by atoms with E-state index in [1.165, 1.54) is 7.05 Å². The van der Waals surface area contributed by atoms with Crippen LogP contribution in [0.25, 0.3) is 0 Å². The van der Waals surface area contributed by atoms with Crippen molar-refractivity contribution in [3.8, 4) is 0 Å². The van der Waals surface area contributed by atoms with E-state index in [9.17, 15) is 26.0 Å². The smallest absolute Gasteiger partial charge is 0.330 e. The molecule has 0 bridgehead atoms. The molecule has 0 spiro atoms. The van der Waals surface area contributed by atoms with Crippen LogP contribution in [0, 0.1) is 11.2 Å². The first-order valence-electron chi connectivity index (χ1n) is 6.34. The van der Waals surface area contributed by atoms with Crippen molar-refractivity contribution in [1.29, 1.82) is 0 Å². The summed E-state index contributed by atoms with van der Waals surface area (Å²) in [5, 5.41) is 0. The van der Waals surface area contributed by atoms with Crippen molar-refractivity contribution in [1.82, 2.24) is 4.31 Å². The number of alkyl halides is 3. The van der Waals surface area contributed by atoms with Gasteiger partial charge in [0, 0.05) is 13.6 Å². The van der Waals surface area contributed by atoms with Gasteiger partial charge in [0.25, 0.3) is 0 Å². The normalized spacial score (nSPS) is 13.7. The Morgan fingerprint density at radius 1 is 1.23 bits per heavy atom. The molecule has 0 atom stereocenters. The molecule has 0 amide bonds. The predicted octanol–water partition coefficient (Wildman–Crippen LogP) is 2.45. The van der Waals surface area contributed by atoms with Crippen molar-refractivity contribution in [2.45, 2.75) is 24.9 Å². The Kier molecular flexibility index (Phi) is 5.26. The molecular weight excluding hydrogens is 324 g/mol. The molecule has 9 heteroatoms. The van der Waals surface area contributed by atoms with E-state index in [1.54, 1.807) is 13.8 Å². The van der Waals surface area contributed by atoms with Gasteiger partial charge < -0.3 is 5.73 Å². The lowest BCUT2D eigenvalue weighted by molar-refractivity contribution is -0.140. The molecule has 0 fully saturated rings. The summed E-state index contributed by atoms with van der Waals surface area (Å²) in [6.45, 7) is 3.67. The first-order valence-corrected chi connectivity index (χ1v) is 7.78. The van der Waals surface area contributed by atoms with E-state index in [-0.39, 0.29) is 13.1 Å². The van der Waals surface area contributed by atoms with Crippen molar-refractivity contribution in [2.75, 3.05) is 20.1 Å². The van der Waals surface area contributed by atoms with Crippen LogP contribution in [0.15, 0.2) is 23.1 Å². The van der Waals surface area contributed by atoms with Gasteiger partial charge in [-0.05, 0) is 30.2 Å². The van der Waals surface area contributed by atoms with Gasteiger partial charge in [-0.25, -0.2) is 17.1 Å². The fraction of sp³-hybridized carbons (Fsp3) is 0.538. The highest BCUT2D eigenvalue weighted by molar-refractivity contribution is 7.89. The van der Waals surface area contributed by atoms with Gasteiger partial charge in [0.2, 0.25) is 10.0 Å². The Morgan fingerprint density at radius 3 is 2.23 bits per heavy atom. The number of nitrogens with zero attached hydrogens (tertiary/aromatic N) is 1. The van der Waals surface area contributed by atoms with Crippen molar-refractivity contribution in [3.05, 3.63) is 29.6 Å². The van der Waals surface area contributed by atoms with Gasteiger partial charge >= 0.3 is 6.18 Å². The van der Waals surface area contributed by atoms with Crippen molar-refractivity contribution < 1.29 is 26.0 Å². The summed E-state index contributed by atoms with van der Waals surface area (Å²) in [6, 6.07) is 1.61. The van der Waals surface area contributed by atoms with Crippen molar-refractivity contribution in [3.63, 3.8) is 0 Å². The minimum atomic E-state index is -4.97. The molecule has 0 aliphatic rings.